The van der Waals surface area contributed by atoms with Crippen molar-refractivity contribution in [3.63, 3.8) is 0 Å². The van der Waals surface area contributed by atoms with Crippen LogP contribution in [0.4, 0.5) is 13.6 Å². The molecule has 1 aromatic heterocycles. The van der Waals surface area contributed by atoms with E-state index in [1.807, 2.05) is 0 Å². The number of rotatable bonds is 6. The Kier molecular flexibility index (Phi) is 6.32. The Morgan fingerprint density at radius 2 is 1.81 bits per heavy atom. The van der Waals surface area contributed by atoms with Crippen LogP contribution in [0, 0.1) is 11.6 Å². The van der Waals surface area contributed by atoms with Crippen molar-refractivity contribution in [1.29, 1.82) is 0 Å². The van der Waals surface area contributed by atoms with Crippen LogP contribution in [0.5, 0.6) is 0 Å². The van der Waals surface area contributed by atoms with Gasteiger partial charge in [0.25, 0.3) is 0 Å². The molecule has 0 saturated carbocycles. The lowest BCUT2D eigenvalue weighted by atomic mass is 10.3. The summed E-state index contributed by atoms with van der Waals surface area (Å²) in [6.45, 7) is 5.87. The third-order valence-electron chi connectivity index (χ3n) is 4.16. The average molecular weight is 401 g/mol. The van der Waals surface area contributed by atoms with Gasteiger partial charge in [-0.2, -0.15) is 9.78 Å². The number of nitrogens with zero attached hydrogens (tertiary/aromatic N) is 3. The molecule has 1 aromatic carbocycles. The Morgan fingerprint density at radius 3 is 2.30 bits per heavy atom. The quantitative estimate of drug-likeness (QED) is 0.743. The van der Waals surface area contributed by atoms with Crippen molar-refractivity contribution in [2.75, 3.05) is 20.2 Å². The molecule has 148 valence electrons. The fourth-order valence-corrected chi connectivity index (χ4v) is 3.86. The van der Waals surface area contributed by atoms with Gasteiger partial charge in [-0.25, -0.2) is 22.0 Å². The largest absolute Gasteiger partial charge is 0.375 e. The predicted molar refractivity (Wildman–Crippen MR) is 93.2 cm³/mol. The first kappa shape index (κ1) is 21.0. The number of aromatic nitrogens is 2. The molecule has 0 fully saturated rings. The molecule has 7 nitrogen and oxygen atoms in total. The van der Waals surface area contributed by atoms with E-state index in [-0.39, 0.29) is 5.69 Å². The minimum atomic E-state index is -4.62. The topological polar surface area (TPSA) is 81.5 Å². The summed E-state index contributed by atoms with van der Waals surface area (Å²) >= 11 is 0. The van der Waals surface area contributed by atoms with Crippen molar-refractivity contribution in [3.05, 3.63) is 41.6 Å². The molecule has 0 N–H and O–H groups in total. The van der Waals surface area contributed by atoms with E-state index in [9.17, 15) is 22.0 Å². The van der Waals surface area contributed by atoms with Crippen LogP contribution < -0.4 is 0 Å². The maximum Gasteiger partial charge on any atom is 0.345 e. The highest BCUT2D eigenvalue weighted by Gasteiger charge is 2.32. The zero-order chi connectivity index (χ0) is 20.4. The summed E-state index contributed by atoms with van der Waals surface area (Å²) in [5.74, 6) is -2.47. The second-order valence-electron chi connectivity index (χ2n) is 5.71. The summed E-state index contributed by atoms with van der Waals surface area (Å²) in [6, 6.07) is 3.27. The first-order valence-corrected chi connectivity index (χ1v) is 9.78. The van der Waals surface area contributed by atoms with Crippen LogP contribution in [0.25, 0.3) is 0 Å². The van der Waals surface area contributed by atoms with Crippen molar-refractivity contribution in [2.24, 2.45) is 0 Å². The summed E-state index contributed by atoms with van der Waals surface area (Å²) in [5, 5.41) is 3.22. The number of benzene rings is 1. The van der Waals surface area contributed by atoms with Crippen LogP contribution in [-0.4, -0.2) is 49.3 Å². The zero-order valence-corrected chi connectivity index (χ0v) is 16.3. The maximum absolute atomic E-state index is 14.0. The molecule has 2 aromatic rings. The van der Waals surface area contributed by atoms with Crippen LogP contribution in [0.1, 0.15) is 32.6 Å². The van der Waals surface area contributed by atoms with E-state index in [0.717, 1.165) is 28.9 Å². The lowest BCUT2D eigenvalue weighted by Crippen LogP contribution is -2.36. The van der Waals surface area contributed by atoms with Gasteiger partial charge in [-0.05, 0) is 32.9 Å². The molecule has 0 aliphatic rings. The van der Waals surface area contributed by atoms with Gasteiger partial charge in [-0.3, -0.25) is 0 Å². The molecule has 0 bridgehead atoms. The smallest absolute Gasteiger partial charge is 0.345 e. The number of halogens is 2. The van der Waals surface area contributed by atoms with Crippen molar-refractivity contribution < 1.29 is 26.7 Å². The molecule has 27 heavy (non-hydrogen) atoms. The van der Waals surface area contributed by atoms with Gasteiger partial charge in [0, 0.05) is 26.3 Å². The highest BCUT2D eigenvalue weighted by molar-refractivity contribution is 7.91. The van der Waals surface area contributed by atoms with E-state index in [1.54, 1.807) is 20.8 Å². The second-order valence-corrected chi connectivity index (χ2v) is 7.54. The summed E-state index contributed by atoms with van der Waals surface area (Å²) in [6.07, 6.45) is -0.675. The number of ether oxygens (including phenoxy) is 1. The van der Waals surface area contributed by atoms with E-state index < -0.39 is 43.5 Å². The van der Waals surface area contributed by atoms with Crippen molar-refractivity contribution in [3.8, 4) is 0 Å². The average Bonchev–Trinajstić information content (AvgIpc) is 3.08. The number of carbonyl (C=O) groups is 1. The van der Waals surface area contributed by atoms with Gasteiger partial charge in [0.1, 0.15) is 16.5 Å². The zero-order valence-electron chi connectivity index (χ0n) is 15.4. The van der Waals surface area contributed by atoms with Crippen LogP contribution in [0.15, 0.2) is 34.2 Å². The maximum atomic E-state index is 14.0. The molecule has 1 heterocycles. The molecule has 0 saturated heterocycles. The van der Waals surface area contributed by atoms with E-state index in [2.05, 4.69) is 5.10 Å². The minimum absolute atomic E-state index is 0.157. The van der Waals surface area contributed by atoms with Gasteiger partial charge in [-0.1, -0.05) is 6.07 Å². The van der Waals surface area contributed by atoms with Crippen molar-refractivity contribution in [1.82, 2.24) is 14.7 Å². The Balaban J connectivity index is 2.67. The number of carbonyl (C=O) groups excluding carboxylic acids is 1. The third-order valence-corrected chi connectivity index (χ3v) is 5.84. The van der Waals surface area contributed by atoms with E-state index in [1.165, 1.54) is 12.0 Å². The number of sulfone groups is 1. The monoisotopic (exact) mass is 401 g/mol. The Morgan fingerprint density at radius 1 is 1.26 bits per heavy atom. The number of methoxy groups -OCH3 is 1. The van der Waals surface area contributed by atoms with Gasteiger partial charge >= 0.3 is 6.03 Å². The third kappa shape index (κ3) is 3.86. The van der Waals surface area contributed by atoms with Crippen molar-refractivity contribution in [2.45, 2.75) is 36.8 Å². The number of hydrogen-bond donors (Lipinski definition) is 0. The molecule has 10 heteroatoms. The van der Waals surface area contributed by atoms with Gasteiger partial charge in [0.15, 0.2) is 5.03 Å². The molecule has 1 unspecified atom stereocenters. The normalized spacial score (nSPS) is 12.8. The lowest BCUT2D eigenvalue weighted by Gasteiger charge is -2.20. The summed E-state index contributed by atoms with van der Waals surface area (Å²) < 4.78 is 59.6. The molecule has 1 amide bonds. The molecule has 2 rings (SSSR count). The van der Waals surface area contributed by atoms with E-state index in [0.29, 0.717) is 13.1 Å². The van der Waals surface area contributed by atoms with Crippen LogP contribution in [-0.2, 0) is 14.6 Å². The molecule has 0 aliphatic carbocycles. The molecule has 1 atom stereocenters. The fourth-order valence-electron chi connectivity index (χ4n) is 2.54. The minimum Gasteiger partial charge on any atom is -0.375 e. The van der Waals surface area contributed by atoms with Gasteiger partial charge in [0.2, 0.25) is 9.84 Å². The van der Waals surface area contributed by atoms with Gasteiger partial charge < -0.3 is 9.64 Å². The molecular formula is C17H21F2N3O4S. The van der Waals surface area contributed by atoms with E-state index >= 15 is 0 Å². The first-order valence-electron chi connectivity index (χ1n) is 8.30. The molecule has 0 radical (unpaired) electrons. The Hall–Kier alpha value is -2.33. The van der Waals surface area contributed by atoms with E-state index in [4.69, 9.17) is 4.74 Å². The number of hydrogen-bond acceptors (Lipinski definition) is 5. The predicted octanol–water partition coefficient (Wildman–Crippen LogP) is 3.01. The molecule has 0 spiro atoms. The van der Waals surface area contributed by atoms with Gasteiger partial charge in [0.05, 0.1) is 11.8 Å². The highest BCUT2D eigenvalue weighted by atomic mass is 32.2. The standard InChI is InChI=1S/C17H21F2N3O4S/c1-5-21(6-2)17(23)22-14(11(3)26-4)10-15(20-22)27(24,25)16-12(18)8-7-9-13(16)19/h7-11H,5-6H2,1-4H3. The van der Waals surface area contributed by atoms with Gasteiger partial charge in [-0.15, -0.1) is 0 Å². The summed E-state index contributed by atoms with van der Waals surface area (Å²) in [5.41, 5.74) is 0.157. The molecule has 0 aliphatic heterocycles. The van der Waals surface area contributed by atoms with Crippen LogP contribution >= 0.6 is 0 Å². The fraction of sp³-hybridized carbons (Fsp3) is 0.412. The van der Waals surface area contributed by atoms with Crippen molar-refractivity contribution >= 4 is 15.9 Å². The number of amides is 1. The van der Waals surface area contributed by atoms with Crippen LogP contribution in [0.2, 0.25) is 0 Å². The van der Waals surface area contributed by atoms with Crippen LogP contribution in [0.3, 0.4) is 0 Å². The Bertz CT molecular complexity index is 919. The second kappa shape index (κ2) is 8.13. The molecular weight excluding hydrogens is 380 g/mol. The SMILES string of the molecule is CCN(CC)C(=O)n1nc(S(=O)(=O)c2c(F)cccc2F)cc1C(C)OC. The first-order chi connectivity index (χ1) is 12.7. The summed E-state index contributed by atoms with van der Waals surface area (Å²) in [4.78, 5) is 13.0. The highest BCUT2D eigenvalue weighted by Crippen LogP contribution is 2.28. The Labute approximate surface area is 156 Å². The lowest BCUT2D eigenvalue weighted by molar-refractivity contribution is 0.111. The summed E-state index contributed by atoms with van der Waals surface area (Å²) in [7, 11) is -3.24.